The van der Waals surface area contributed by atoms with Gasteiger partial charge in [0.05, 0.1) is 5.56 Å². The van der Waals surface area contributed by atoms with Crippen LogP contribution in [0.2, 0.25) is 0 Å². The average Bonchev–Trinajstić information content (AvgIpc) is 2.29. The molecule has 0 spiro atoms. The molecule has 88 valence electrons. The summed E-state index contributed by atoms with van der Waals surface area (Å²) in [6.45, 7) is 5.10. The number of carbonyl (C=O) groups is 1. The molecular weight excluding hydrogens is 206 g/mol. The van der Waals surface area contributed by atoms with E-state index >= 15 is 0 Å². The minimum atomic E-state index is -0.345. The number of phenols is 2. The summed E-state index contributed by atoms with van der Waals surface area (Å²) in [4.78, 5) is 13.6. The summed E-state index contributed by atoms with van der Waals surface area (Å²) in [5.74, 6) is -0.863. The Morgan fingerprint density at radius 3 is 2.56 bits per heavy atom. The van der Waals surface area contributed by atoms with Crippen LogP contribution in [0.1, 0.15) is 30.6 Å². The maximum Gasteiger partial charge on any atom is 0.257 e. The molecule has 0 unspecified atom stereocenters. The highest BCUT2D eigenvalue weighted by atomic mass is 16.3. The molecule has 2 N–H and O–H groups in total. The predicted molar refractivity (Wildman–Crippen MR) is 61.6 cm³/mol. The van der Waals surface area contributed by atoms with Crippen molar-refractivity contribution >= 4 is 5.91 Å². The topological polar surface area (TPSA) is 60.8 Å². The zero-order valence-electron chi connectivity index (χ0n) is 9.60. The summed E-state index contributed by atoms with van der Waals surface area (Å²) in [5.41, 5.74) is 0.148. The molecule has 0 aliphatic rings. The number of para-hydroxylation sites is 1. The van der Waals surface area contributed by atoms with E-state index in [0.717, 1.165) is 6.42 Å². The number of aromatic hydroxyl groups is 2. The Balaban J connectivity index is 2.99. The van der Waals surface area contributed by atoms with E-state index in [1.165, 1.54) is 12.1 Å². The van der Waals surface area contributed by atoms with Crippen LogP contribution in [0.15, 0.2) is 18.2 Å². The van der Waals surface area contributed by atoms with Crippen LogP contribution in [0.4, 0.5) is 0 Å². The van der Waals surface area contributed by atoms with Crippen molar-refractivity contribution in [2.24, 2.45) is 0 Å². The highest BCUT2D eigenvalue weighted by Gasteiger charge is 2.18. The highest BCUT2D eigenvalue weighted by Crippen LogP contribution is 2.29. The number of rotatable bonds is 4. The summed E-state index contributed by atoms with van der Waals surface area (Å²) in [5, 5.41) is 18.9. The normalized spacial score (nSPS) is 10.1. The van der Waals surface area contributed by atoms with Crippen molar-refractivity contribution in [1.29, 1.82) is 0 Å². The molecule has 16 heavy (non-hydrogen) atoms. The van der Waals surface area contributed by atoms with Crippen molar-refractivity contribution in [3.63, 3.8) is 0 Å². The van der Waals surface area contributed by atoms with E-state index < -0.39 is 0 Å². The van der Waals surface area contributed by atoms with Gasteiger partial charge in [-0.25, -0.2) is 0 Å². The summed E-state index contributed by atoms with van der Waals surface area (Å²) in [7, 11) is 0. The molecule has 0 radical (unpaired) electrons. The van der Waals surface area contributed by atoms with E-state index in [-0.39, 0.29) is 23.0 Å². The number of hydrogen-bond acceptors (Lipinski definition) is 3. The smallest absolute Gasteiger partial charge is 0.257 e. The molecule has 0 heterocycles. The first-order valence-corrected chi connectivity index (χ1v) is 5.42. The molecule has 4 nitrogen and oxygen atoms in total. The average molecular weight is 223 g/mol. The van der Waals surface area contributed by atoms with Crippen molar-refractivity contribution in [2.75, 3.05) is 13.1 Å². The molecule has 1 aromatic carbocycles. The van der Waals surface area contributed by atoms with E-state index in [4.69, 9.17) is 0 Å². The van der Waals surface area contributed by atoms with Gasteiger partial charge in [0.25, 0.3) is 5.91 Å². The van der Waals surface area contributed by atoms with Crippen LogP contribution in [-0.4, -0.2) is 34.1 Å². The number of nitrogens with zero attached hydrogens (tertiary/aromatic N) is 1. The molecular formula is C12H17NO3. The third-order valence-corrected chi connectivity index (χ3v) is 2.41. The van der Waals surface area contributed by atoms with Gasteiger partial charge in [0.1, 0.15) is 0 Å². The second kappa shape index (κ2) is 5.39. The van der Waals surface area contributed by atoms with Gasteiger partial charge in [-0.2, -0.15) is 0 Å². The Hall–Kier alpha value is -1.71. The first-order chi connectivity index (χ1) is 7.61. The van der Waals surface area contributed by atoms with E-state index in [9.17, 15) is 15.0 Å². The van der Waals surface area contributed by atoms with Crippen molar-refractivity contribution in [3.05, 3.63) is 23.8 Å². The van der Waals surface area contributed by atoms with Gasteiger partial charge < -0.3 is 15.1 Å². The van der Waals surface area contributed by atoms with E-state index in [0.29, 0.717) is 13.1 Å². The third-order valence-electron chi connectivity index (χ3n) is 2.41. The van der Waals surface area contributed by atoms with Crippen LogP contribution in [-0.2, 0) is 0 Å². The molecule has 0 bridgehead atoms. The van der Waals surface area contributed by atoms with Crippen molar-refractivity contribution in [3.8, 4) is 11.5 Å². The Morgan fingerprint density at radius 1 is 1.31 bits per heavy atom. The Labute approximate surface area is 95.1 Å². The van der Waals surface area contributed by atoms with E-state index in [1.54, 1.807) is 11.0 Å². The molecule has 0 atom stereocenters. The molecule has 4 heteroatoms. The van der Waals surface area contributed by atoms with Gasteiger partial charge in [0, 0.05) is 13.1 Å². The fraction of sp³-hybridized carbons (Fsp3) is 0.417. The third kappa shape index (κ3) is 2.45. The lowest BCUT2D eigenvalue weighted by Gasteiger charge is -2.20. The van der Waals surface area contributed by atoms with Gasteiger partial charge >= 0.3 is 0 Å². The van der Waals surface area contributed by atoms with Gasteiger partial charge in [0.2, 0.25) is 0 Å². The van der Waals surface area contributed by atoms with Gasteiger partial charge in [0.15, 0.2) is 11.5 Å². The molecule has 0 aliphatic heterocycles. The Morgan fingerprint density at radius 2 is 2.00 bits per heavy atom. The predicted octanol–water partition coefficient (Wildman–Crippen LogP) is 1.97. The van der Waals surface area contributed by atoms with Crippen molar-refractivity contribution in [1.82, 2.24) is 4.90 Å². The first-order valence-electron chi connectivity index (χ1n) is 5.42. The van der Waals surface area contributed by atoms with Crippen LogP contribution in [0, 0.1) is 0 Å². The lowest BCUT2D eigenvalue weighted by Crippen LogP contribution is -2.31. The van der Waals surface area contributed by atoms with Gasteiger partial charge in [-0.05, 0) is 25.5 Å². The second-order valence-corrected chi connectivity index (χ2v) is 3.56. The summed E-state index contributed by atoms with van der Waals surface area (Å²) in [6.07, 6.45) is 0.860. The van der Waals surface area contributed by atoms with Crippen molar-refractivity contribution < 1.29 is 15.0 Å². The quantitative estimate of drug-likeness (QED) is 0.767. The maximum absolute atomic E-state index is 12.0. The van der Waals surface area contributed by atoms with Crippen LogP contribution >= 0.6 is 0 Å². The molecule has 1 amide bonds. The monoisotopic (exact) mass is 223 g/mol. The van der Waals surface area contributed by atoms with Crippen LogP contribution < -0.4 is 0 Å². The van der Waals surface area contributed by atoms with Crippen LogP contribution in [0.5, 0.6) is 11.5 Å². The zero-order chi connectivity index (χ0) is 12.1. The van der Waals surface area contributed by atoms with Crippen molar-refractivity contribution in [2.45, 2.75) is 20.3 Å². The molecule has 0 aromatic heterocycles. The molecule has 0 fully saturated rings. The number of hydrogen-bond donors (Lipinski definition) is 2. The fourth-order valence-electron chi connectivity index (χ4n) is 1.55. The Kier molecular flexibility index (Phi) is 4.17. The zero-order valence-corrected chi connectivity index (χ0v) is 9.60. The number of benzene rings is 1. The largest absolute Gasteiger partial charge is 0.504 e. The lowest BCUT2D eigenvalue weighted by atomic mass is 10.1. The molecule has 1 aromatic rings. The molecule has 0 aliphatic carbocycles. The van der Waals surface area contributed by atoms with Gasteiger partial charge in [-0.1, -0.05) is 13.0 Å². The summed E-state index contributed by atoms with van der Waals surface area (Å²) >= 11 is 0. The van der Waals surface area contributed by atoms with Gasteiger partial charge in [-0.3, -0.25) is 4.79 Å². The Bertz CT molecular complexity index is 377. The maximum atomic E-state index is 12.0. The summed E-state index contributed by atoms with van der Waals surface area (Å²) in [6, 6.07) is 4.40. The standard InChI is InChI=1S/C12H17NO3/c1-3-8-13(4-2)12(16)9-6-5-7-10(14)11(9)15/h5-7,14-15H,3-4,8H2,1-2H3. The van der Waals surface area contributed by atoms with E-state index in [2.05, 4.69) is 0 Å². The number of phenolic OH excluding ortho intramolecular Hbond substituents is 2. The van der Waals surface area contributed by atoms with Crippen LogP contribution in [0.25, 0.3) is 0 Å². The van der Waals surface area contributed by atoms with Gasteiger partial charge in [-0.15, -0.1) is 0 Å². The van der Waals surface area contributed by atoms with E-state index in [1.807, 2.05) is 13.8 Å². The summed E-state index contributed by atoms with van der Waals surface area (Å²) < 4.78 is 0. The minimum Gasteiger partial charge on any atom is -0.504 e. The fourth-order valence-corrected chi connectivity index (χ4v) is 1.55. The second-order valence-electron chi connectivity index (χ2n) is 3.56. The number of carbonyl (C=O) groups excluding carboxylic acids is 1. The first kappa shape index (κ1) is 12.4. The SMILES string of the molecule is CCCN(CC)C(=O)c1cccc(O)c1O. The molecule has 0 saturated heterocycles. The molecule has 0 saturated carbocycles. The number of amides is 1. The lowest BCUT2D eigenvalue weighted by molar-refractivity contribution is 0.0760. The minimum absolute atomic E-state index is 0.148. The van der Waals surface area contributed by atoms with Crippen LogP contribution in [0.3, 0.4) is 0 Å². The highest BCUT2D eigenvalue weighted by molar-refractivity contribution is 5.97. The molecule has 1 rings (SSSR count).